The highest BCUT2D eigenvalue weighted by molar-refractivity contribution is 5.33. The van der Waals surface area contributed by atoms with Gasteiger partial charge < -0.3 is 10.1 Å². The lowest BCUT2D eigenvalue weighted by atomic mass is 10.0. The summed E-state index contributed by atoms with van der Waals surface area (Å²) < 4.78 is 5.50. The lowest BCUT2D eigenvalue weighted by Crippen LogP contribution is -2.56. The highest BCUT2D eigenvalue weighted by Crippen LogP contribution is 2.35. The van der Waals surface area contributed by atoms with E-state index in [0.29, 0.717) is 12.1 Å². The Morgan fingerprint density at radius 1 is 1.30 bits per heavy atom. The summed E-state index contributed by atoms with van der Waals surface area (Å²) in [5, 5.41) is 3.75. The Morgan fingerprint density at radius 3 is 2.80 bits per heavy atom. The largest absolute Gasteiger partial charge is 0.496 e. The zero-order valence-electron chi connectivity index (χ0n) is 12.6. The fraction of sp³-hybridized carbons (Fsp3) is 0.647. The predicted octanol–water partition coefficient (Wildman–Crippen LogP) is 2.66. The van der Waals surface area contributed by atoms with Crippen LogP contribution in [0, 0.1) is 5.92 Å². The molecule has 20 heavy (non-hydrogen) atoms. The number of hydrogen-bond donors (Lipinski definition) is 1. The first-order chi connectivity index (χ1) is 9.81. The van der Waals surface area contributed by atoms with Crippen LogP contribution in [0.4, 0.5) is 0 Å². The SMILES string of the molecule is CCC1CNC(C2CC2)CN1Cc1ccccc1OC. The van der Waals surface area contributed by atoms with Crippen LogP contribution >= 0.6 is 0 Å². The summed E-state index contributed by atoms with van der Waals surface area (Å²) >= 11 is 0. The van der Waals surface area contributed by atoms with Crippen molar-refractivity contribution in [2.45, 2.75) is 44.8 Å². The molecule has 2 aliphatic rings. The van der Waals surface area contributed by atoms with Gasteiger partial charge in [-0.3, -0.25) is 4.90 Å². The molecule has 3 nitrogen and oxygen atoms in total. The molecule has 1 aromatic rings. The molecule has 2 unspecified atom stereocenters. The smallest absolute Gasteiger partial charge is 0.123 e. The second-order valence-electron chi connectivity index (χ2n) is 6.16. The number of piperazine rings is 1. The topological polar surface area (TPSA) is 24.5 Å². The molecule has 0 spiro atoms. The van der Waals surface area contributed by atoms with Crippen molar-refractivity contribution >= 4 is 0 Å². The maximum absolute atomic E-state index is 5.50. The minimum atomic E-state index is 0.648. The number of rotatable bonds is 5. The van der Waals surface area contributed by atoms with Crippen molar-refractivity contribution in [3.63, 3.8) is 0 Å². The molecule has 0 radical (unpaired) electrons. The van der Waals surface area contributed by atoms with Gasteiger partial charge in [-0.25, -0.2) is 0 Å². The normalized spacial score (nSPS) is 27.5. The lowest BCUT2D eigenvalue weighted by molar-refractivity contribution is 0.111. The molecular formula is C17H26N2O. The van der Waals surface area contributed by atoms with E-state index in [9.17, 15) is 0 Å². The van der Waals surface area contributed by atoms with Crippen LogP contribution in [0.1, 0.15) is 31.7 Å². The van der Waals surface area contributed by atoms with Gasteiger partial charge in [-0.1, -0.05) is 25.1 Å². The zero-order valence-corrected chi connectivity index (χ0v) is 12.6. The van der Waals surface area contributed by atoms with Gasteiger partial charge in [-0.2, -0.15) is 0 Å². The van der Waals surface area contributed by atoms with E-state index in [1.54, 1.807) is 7.11 Å². The predicted molar refractivity (Wildman–Crippen MR) is 82.0 cm³/mol. The third-order valence-electron chi connectivity index (χ3n) is 4.79. The Hall–Kier alpha value is -1.06. The quantitative estimate of drug-likeness (QED) is 0.893. The van der Waals surface area contributed by atoms with E-state index in [-0.39, 0.29) is 0 Å². The summed E-state index contributed by atoms with van der Waals surface area (Å²) in [7, 11) is 1.76. The first-order valence-corrected chi connectivity index (χ1v) is 7.91. The van der Waals surface area contributed by atoms with Gasteiger partial charge in [0.1, 0.15) is 5.75 Å². The maximum atomic E-state index is 5.50. The molecule has 1 aliphatic heterocycles. The molecule has 1 saturated heterocycles. The number of methoxy groups -OCH3 is 1. The van der Waals surface area contributed by atoms with Crippen LogP contribution in [0.2, 0.25) is 0 Å². The Morgan fingerprint density at radius 2 is 2.10 bits per heavy atom. The van der Waals surface area contributed by atoms with Crippen molar-refractivity contribution in [2.75, 3.05) is 20.2 Å². The Kier molecular flexibility index (Phi) is 4.27. The van der Waals surface area contributed by atoms with Gasteiger partial charge in [-0.05, 0) is 31.2 Å². The number of benzene rings is 1. The fourth-order valence-corrected chi connectivity index (χ4v) is 3.35. The van der Waals surface area contributed by atoms with Crippen LogP contribution in [-0.4, -0.2) is 37.2 Å². The van der Waals surface area contributed by atoms with Gasteiger partial charge in [0, 0.05) is 37.3 Å². The minimum absolute atomic E-state index is 0.648. The summed E-state index contributed by atoms with van der Waals surface area (Å²) in [6.45, 7) is 5.61. The van der Waals surface area contributed by atoms with Crippen LogP contribution in [-0.2, 0) is 6.54 Å². The van der Waals surface area contributed by atoms with E-state index in [0.717, 1.165) is 24.8 Å². The van der Waals surface area contributed by atoms with Crippen LogP contribution < -0.4 is 10.1 Å². The van der Waals surface area contributed by atoms with E-state index >= 15 is 0 Å². The summed E-state index contributed by atoms with van der Waals surface area (Å²) in [6.07, 6.45) is 4.04. The molecule has 0 aromatic heterocycles. The van der Waals surface area contributed by atoms with Gasteiger partial charge in [0.15, 0.2) is 0 Å². The van der Waals surface area contributed by atoms with Crippen LogP contribution in [0.25, 0.3) is 0 Å². The summed E-state index contributed by atoms with van der Waals surface area (Å²) in [5.74, 6) is 1.94. The van der Waals surface area contributed by atoms with Crippen molar-refractivity contribution in [1.29, 1.82) is 0 Å². The average Bonchev–Trinajstić information content (AvgIpc) is 3.32. The highest BCUT2D eigenvalue weighted by Gasteiger charge is 2.36. The number of ether oxygens (including phenoxy) is 1. The summed E-state index contributed by atoms with van der Waals surface area (Å²) in [5.41, 5.74) is 1.31. The van der Waals surface area contributed by atoms with Gasteiger partial charge in [0.25, 0.3) is 0 Å². The molecule has 1 N–H and O–H groups in total. The second kappa shape index (κ2) is 6.15. The molecule has 110 valence electrons. The van der Waals surface area contributed by atoms with Gasteiger partial charge in [-0.15, -0.1) is 0 Å². The minimum Gasteiger partial charge on any atom is -0.496 e. The summed E-state index contributed by atoms with van der Waals surface area (Å²) in [6, 6.07) is 9.77. The molecule has 1 aliphatic carbocycles. The Balaban J connectivity index is 1.71. The number of para-hydroxylation sites is 1. The van der Waals surface area contributed by atoms with Crippen LogP contribution in [0.15, 0.2) is 24.3 Å². The molecule has 1 saturated carbocycles. The first-order valence-electron chi connectivity index (χ1n) is 7.91. The van der Waals surface area contributed by atoms with Crippen molar-refractivity contribution < 1.29 is 4.74 Å². The standard InChI is InChI=1S/C17H26N2O/c1-3-15-10-18-16(13-8-9-13)12-19(15)11-14-6-4-5-7-17(14)20-2/h4-7,13,15-16,18H,3,8-12H2,1-2H3. The molecule has 2 fully saturated rings. The molecule has 3 rings (SSSR count). The third-order valence-corrected chi connectivity index (χ3v) is 4.79. The molecule has 3 heteroatoms. The van der Waals surface area contributed by atoms with Crippen molar-refractivity contribution in [3.8, 4) is 5.75 Å². The van der Waals surface area contributed by atoms with Crippen molar-refractivity contribution in [3.05, 3.63) is 29.8 Å². The van der Waals surface area contributed by atoms with E-state index in [2.05, 4.69) is 35.3 Å². The highest BCUT2D eigenvalue weighted by atomic mass is 16.5. The summed E-state index contributed by atoms with van der Waals surface area (Å²) in [4.78, 5) is 2.65. The van der Waals surface area contributed by atoms with E-state index < -0.39 is 0 Å². The molecule has 2 atom stereocenters. The molecule has 1 aromatic carbocycles. The first kappa shape index (κ1) is 13.9. The van der Waals surface area contributed by atoms with Crippen LogP contribution in [0.5, 0.6) is 5.75 Å². The second-order valence-corrected chi connectivity index (χ2v) is 6.16. The van der Waals surface area contributed by atoms with Crippen molar-refractivity contribution in [1.82, 2.24) is 10.2 Å². The fourth-order valence-electron chi connectivity index (χ4n) is 3.35. The molecular weight excluding hydrogens is 248 g/mol. The van der Waals surface area contributed by atoms with E-state index in [1.165, 1.54) is 31.4 Å². The molecule has 0 bridgehead atoms. The molecule has 1 heterocycles. The number of hydrogen-bond acceptors (Lipinski definition) is 3. The van der Waals surface area contributed by atoms with Crippen LogP contribution in [0.3, 0.4) is 0 Å². The van der Waals surface area contributed by atoms with Gasteiger partial charge >= 0.3 is 0 Å². The number of nitrogens with zero attached hydrogens (tertiary/aromatic N) is 1. The van der Waals surface area contributed by atoms with E-state index in [4.69, 9.17) is 4.74 Å². The van der Waals surface area contributed by atoms with Gasteiger partial charge in [0.05, 0.1) is 7.11 Å². The zero-order chi connectivity index (χ0) is 13.9. The third kappa shape index (κ3) is 2.99. The Bertz CT molecular complexity index is 444. The molecule has 0 amide bonds. The monoisotopic (exact) mass is 274 g/mol. The Labute approximate surface area is 122 Å². The number of nitrogens with one attached hydrogen (secondary N) is 1. The maximum Gasteiger partial charge on any atom is 0.123 e. The average molecular weight is 274 g/mol. The lowest BCUT2D eigenvalue weighted by Gasteiger charge is -2.40. The van der Waals surface area contributed by atoms with E-state index in [1.807, 2.05) is 6.07 Å². The van der Waals surface area contributed by atoms with Gasteiger partial charge in [0.2, 0.25) is 0 Å². The van der Waals surface area contributed by atoms with Crippen molar-refractivity contribution in [2.24, 2.45) is 5.92 Å².